The number of rotatable bonds is 6. The molecule has 0 aliphatic heterocycles. The summed E-state index contributed by atoms with van der Waals surface area (Å²) < 4.78 is 0. The number of unbranched alkanes of at least 4 members (excludes halogenated alkanes) is 2. The molecule has 0 radical (unpaired) electrons. The van der Waals surface area contributed by atoms with Crippen molar-refractivity contribution in [3.8, 4) is 0 Å². The van der Waals surface area contributed by atoms with Crippen LogP contribution in [0.3, 0.4) is 0 Å². The van der Waals surface area contributed by atoms with Gasteiger partial charge < -0.3 is 5.11 Å². The summed E-state index contributed by atoms with van der Waals surface area (Å²) in [7, 11) is 0. The van der Waals surface area contributed by atoms with Crippen molar-refractivity contribution in [1.82, 2.24) is 0 Å². The second-order valence-electron chi connectivity index (χ2n) is 5.47. The average molecular weight is 214 g/mol. The minimum atomic E-state index is -0.469. The highest BCUT2D eigenvalue weighted by atomic mass is 16.3. The molecular weight excluding hydrogens is 188 g/mol. The third-order valence-corrected chi connectivity index (χ3v) is 2.83. The number of aliphatic hydroxyl groups is 1. The molecule has 0 heterocycles. The molecule has 15 heavy (non-hydrogen) atoms. The Kier molecular flexibility index (Phi) is 6.11. The van der Waals surface area contributed by atoms with E-state index >= 15 is 0 Å². The van der Waals surface area contributed by atoms with Crippen molar-refractivity contribution < 1.29 is 9.90 Å². The van der Waals surface area contributed by atoms with Crippen LogP contribution in [-0.2, 0) is 4.79 Å². The lowest BCUT2D eigenvalue weighted by Gasteiger charge is -2.25. The van der Waals surface area contributed by atoms with Gasteiger partial charge in [-0.05, 0) is 6.42 Å². The van der Waals surface area contributed by atoms with Gasteiger partial charge in [0.1, 0.15) is 5.78 Å². The summed E-state index contributed by atoms with van der Waals surface area (Å²) in [6, 6.07) is 0. The van der Waals surface area contributed by atoms with E-state index in [0.717, 1.165) is 25.7 Å². The lowest BCUT2D eigenvalue weighted by molar-refractivity contribution is -0.133. The van der Waals surface area contributed by atoms with Gasteiger partial charge in [0.15, 0.2) is 0 Å². The number of hydrogen-bond donors (Lipinski definition) is 1. The first-order chi connectivity index (χ1) is 6.80. The summed E-state index contributed by atoms with van der Waals surface area (Å²) in [5.41, 5.74) is -0.342. The monoisotopic (exact) mass is 214 g/mol. The minimum Gasteiger partial charge on any atom is -0.392 e. The normalized spacial score (nSPS) is 16.1. The van der Waals surface area contributed by atoms with Crippen LogP contribution in [0.5, 0.6) is 0 Å². The van der Waals surface area contributed by atoms with Gasteiger partial charge in [-0.2, -0.15) is 0 Å². The molecular formula is C13H26O2. The molecule has 0 aliphatic rings. The van der Waals surface area contributed by atoms with Crippen LogP contribution in [0.4, 0.5) is 0 Å². The Hall–Kier alpha value is -0.370. The Bertz CT molecular complexity index is 191. The second-order valence-corrected chi connectivity index (χ2v) is 5.47. The number of carbonyl (C=O) groups is 1. The summed E-state index contributed by atoms with van der Waals surface area (Å²) >= 11 is 0. The topological polar surface area (TPSA) is 37.3 Å². The molecule has 0 unspecified atom stereocenters. The van der Waals surface area contributed by atoms with Crippen molar-refractivity contribution >= 4 is 5.78 Å². The van der Waals surface area contributed by atoms with Gasteiger partial charge in [-0.3, -0.25) is 4.79 Å². The van der Waals surface area contributed by atoms with Crippen molar-refractivity contribution in [3.63, 3.8) is 0 Å². The molecule has 0 saturated carbocycles. The fourth-order valence-corrected chi connectivity index (χ4v) is 1.71. The smallest absolute Gasteiger partial charge is 0.143 e. The highest BCUT2D eigenvalue weighted by Crippen LogP contribution is 2.23. The summed E-state index contributed by atoms with van der Waals surface area (Å²) in [6.45, 7) is 9.69. The molecule has 0 aromatic heterocycles. The molecule has 0 bridgehead atoms. The van der Waals surface area contributed by atoms with Gasteiger partial charge in [0.25, 0.3) is 0 Å². The maximum atomic E-state index is 11.9. The van der Waals surface area contributed by atoms with E-state index in [9.17, 15) is 9.90 Å². The number of carbonyl (C=O) groups excluding carboxylic acids is 1. The molecule has 0 saturated heterocycles. The van der Waals surface area contributed by atoms with E-state index in [2.05, 4.69) is 6.92 Å². The molecule has 2 atom stereocenters. The zero-order valence-corrected chi connectivity index (χ0v) is 10.8. The van der Waals surface area contributed by atoms with Crippen LogP contribution in [0.1, 0.15) is 60.3 Å². The Morgan fingerprint density at radius 1 is 1.27 bits per heavy atom. The number of Topliss-reactive ketones (excluding diaryl/α,β-unsaturated/α-hetero) is 1. The van der Waals surface area contributed by atoms with E-state index < -0.39 is 6.10 Å². The van der Waals surface area contributed by atoms with E-state index in [0.29, 0.717) is 0 Å². The van der Waals surface area contributed by atoms with E-state index in [1.54, 1.807) is 0 Å². The molecule has 0 aromatic carbocycles. The maximum Gasteiger partial charge on any atom is 0.143 e. The largest absolute Gasteiger partial charge is 0.392 e. The molecule has 0 spiro atoms. The minimum absolute atomic E-state index is 0.159. The Morgan fingerprint density at radius 3 is 2.20 bits per heavy atom. The van der Waals surface area contributed by atoms with Gasteiger partial charge in [0.2, 0.25) is 0 Å². The van der Waals surface area contributed by atoms with Crippen LogP contribution in [-0.4, -0.2) is 17.0 Å². The molecule has 0 amide bonds. The number of hydrogen-bond acceptors (Lipinski definition) is 2. The molecule has 90 valence electrons. The number of aliphatic hydroxyl groups excluding tert-OH is 1. The Balaban J connectivity index is 4.08. The zero-order chi connectivity index (χ0) is 12.1. The molecule has 1 N–H and O–H groups in total. The van der Waals surface area contributed by atoms with Gasteiger partial charge in [-0.25, -0.2) is 0 Å². The predicted molar refractivity (Wildman–Crippen MR) is 63.8 cm³/mol. The molecule has 2 heteroatoms. The van der Waals surface area contributed by atoms with Crippen molar-refractivity contribution in [2.24, 2.45) is 11.3 Å². The molecule has 0 aromatic rings. The van der Waals surface area contributed by atoms with E-state index in [1.807, 2.05) is 27.7 Å². The van der Waals surface area contributed by atoms with Gasteiger partial charge in [0.05, 0.1) is 6.10 Å². The predicted octanol–water partition coefficient (Wildman–Crippen LogP) is 3.18. The molecule has 0 fully saturated rings. The van der Waals surface area contributed by atoms with Crippen LogP contribution < -0.4 is 0 Å². The molecule has 2 nitrogen and oxygen atoms in total. The first-order valence-corrected chi connectivity index (χ1v) is 6.03. The van der Waals surface area contributed by atoms with E-state index in [-0.39, 0.29) is 17.1 Å². The SMILES string of the molecule is CCCCC[C@H](O)[C@H](C)C(=O)C(C)(C)C. The summed E-state index contributed by atoms with van der Waals surface area (Å²) in [4.78, 5) is 11.9. The highest BCUT2D eigenvalue weighted by molar-refractivity contribution is 5.86. The quantitative estimate of drug-likeness (QED) is 0.689. The van der Waals surface area contributed by atoms with Crippen molar-refractivity contribution in [3.05, 3.63) is 0 Å². The third-order valence-electron chi connectivity index (χ3n) is 2.83. The maximum absolute atomic E-state index is 11.9. The van der Waals surface area contributed by atoms with Crippen LogP contribution >= 0.6 is 0 Å². The first-order valence-electron chi connectivity index (χ1n) is 6.03. The van der Waals surface area contributed by atoms with Crippen LogP contribution in [0.25, 0.3) is 0 Å². The fraction of sp³-hybridized carbons (Fsp3) is 0.923. The summed E-state index contributed by atoms with van der Waals surface area (Å²) in [6.07, 6.45) is 3.57. The lowest BCUT2D eigenvalue weighted by Crippen LogP contribution is -2.34. The van der Waals surface area contributed by atoms with Crippen LogP contribution in [0, 0.1) is 11.3 Å². The first kappa shape index (κ1) is 14.6. The van der Waals surface area contributed by atoms with Crippen molar-refractivity contribution in [2.45, 2.75) is 66.4 Å². The van der Waals surface area contributed by atoms with Crippen molar-refractivity contribution in [2.75, 3.05) is 0 Å². The van der Waals surface area contributed by atoms with Gasteiger partial charge in [-0.1, -0.05) is 53.9 Å². The Morgan fingerprint density at radius 2 is 1.80 bits per heavy atom. The highest BCUT2D eigenvalue weighted by Gasteiger charge is 2.30. The third kappa shape index (κ3) is 5.31. The van der Waals surface area contributed by atoms with Gasteiger partial charge in [-0.15, -0.1) is 0 Å². The molecule has 0 aliphatic carbocycles. The van der Waals surface area contributed by atoms with Crippen molar-refractivity contribution in [1.29, 1.82) is 0 Å². The average Bonchev–Trinajstić information content (AvgIpc) is 2.14. The lowest BCUT2D eigenvalue weighted by atomic mass is 9.80. The van der Waals surface area contributed by atoms with Crippen LogP contribution in [0.2, 0.25) is 0 Å². The van der Waals surface area contributed by atoms with Gasteiger partial charge in [0, 0.05) is 11.3 Å². The second kappa shape index (κ2) is 6.26. The zero-order valence-electron chi connectivity index (χ0n) is 10.8. The fourth-order valence-electron chi connectivity index (χ4n) is 1.71. The molecule has 0 rings (SSSR count). The number of ketones is 1. The van der Waals surface area contributed by atoms with Crippen LogP contribution in [0.15, 0.2) is 0 Å². The van der Waals surface area contributed by atoms with E-state index in [4.69, 9.17) is 0 Å². The Labute approximate surface area is 94.1 Å². The van der Waals surface area contributed by atoms with Gasteiger partial charge >= 0.3 is 0 Å². The summed E-state index contributed by atoms with van der Waals surface area (Å²) in [5, 5.41) is 9.86. The van der Waals surface area contributed by atoms with E-state index in [1.165, 1.54) is 0 Å². The summed E-state index contributed by atoms with van der Waals surface area (Å²) in [5.74, 6) is -0.0756. The standard InChI is InChI=1S/C13H26O2/c1-6-7-8-9-11(14)10(2)12(15)13(3,4)5/h10-11,14H,6-9H2,1-5H3/t10-,11-/m0/s1.